The fraction of sp³-hybridized carbons (Fsp3) is 0.176. The number of fused-ring (bicyclic) bond motifs is 1. The number of carbonyl (C=O) groups excluding carboxylic acids is 1. The van der Waals surface area contributed by atoms with Gasteiger partial charge in [0.1, 0.15) is 0 Å². The largest absolute Gasteiger partial charge is 0.326 e. The van der Waals surface area contributed by atoms with Crippen molar-refractivity contribution in [3.63, 3.8) is 0 Å². The number of hydrogen-bond donors (Lipinski definition) is 2. The Balaban J connectivity index is 1.76. The number of aromatic nitrogens is 1. The topological polar surface area (TPSA) is 88.2 Å². The van der Waals surface area contributed by atoms with E-state index >= 15 is 0 Å². The van der Waals surface area contributed by atoms with Crippen LogP contribution in [-0.2, 0) is 14.8 Å². The van der Waals surface area contributed by atoms with E-state index in [2.05, 4.69) is 14.4 Å². The highest BCUT2D eigenvalue weighted by Gasteiger charge is 2.20. The van der Waals surface area contributed by atoms with Crippen LogP contribution in [0.4, 0.5) is 5.69 Å². The second-order valence-electron chi connectivity index (χ2n) is 5.82. The molecule has 2 aromatic carbocycles. The Hall–Kier alpha value is -2.00. The Bertz CT molecular complexity index is 1030. The van der Waals surface area contributed by atoms with Crippen molar-refractivity contribution in [1.82, 2.24) is 9.10 Å². The first-order valence-electron chi connectivity index (χ1n) is 7.67. The van der Waals surface area contributed by atoms with Crippen molar-refractivity contribution in [2.75, 3.05) is 11.6 Å². The molecule has 1 unspecified atom stereocenters. The van der Waals surface area contributed by atoms with Crippen LogP contribution >= 0.6 is 23.1 Å². The third-order valence-electron chi connectivity index (χ3n) is 3.65. The molecule has 0 fully saturated rings. The molecule has 9 heteroatoms. The van der Waals surface area contributed by atoms with Gasteiger partial charge < -0.3 is 5.32 Å². The molecule has 3 aromatic rings. The molecule has 0 saturated carbocycles. The van der Waals surface area contributed by atoms with Crippen molar-refractivity contribution in [3.8, 4) is 0 Å². The van der Waals surface area contributed by atoms with Gasteiger partial charge in [-0.1, -0.05) is 23.7 Å². The predicted molar refractivity (Wildman–Crippen MR) is 105 cm³/mol. The third kappa shape index (κ3) is 5.01. The number of carbonyl (C=O) groups is 1. The summed E-state index contributed by atoms with van der Waals surface area (Å²) in [5.74, 6) is -0.302. The quantitative estimate of drug-likeness (QED) is 0.651. The summed E-state index contributed by atoms with van der Waals surface area (Å²) in [6, 6.07) is 11.5. The van der Waals surface area contributed by atoms with E-state index in [0.29, 0.717) is 16.3 Å². The zero-order valence-electron chi connectivity index (χ0n) is 13.8. The number of sulfonamides is 1. The number of rotatable bonds is 6. The molecule has 0 aliphatic heterocycles. The van der Waals surface area contributed by atoms with Gasteiger partial charge in [-0.05, 0) is 47.4 Å². The first kappa shape index (κ1) is 18.8. The molecule has 0 radical (unpaired) electrons. The zero-order valence-corrected chi connectivity index (χ0v) is 16.2. The fourth-order valence-electron chi connectivity index (χ4n) is 2.53. The summed E-state index contributed by atoms with van der Waals surface area (Å²) in [5, 5.41) is 4.28. The van der Waals surface area contributed by atoms with E-state index in [-0.39, 0.29) is 12.3 Å². The highest BCUT2D eigenvalue weighted by atomic mass is 35.5. The number of nitrogens with one attached hydrogen (secondary N) is 2. The lowest BCUT2D eigenvalue weighted by Gasteiger charge is -2.18. The molecule has 1 heterocycles. The summed E-state index contributed by atoms with van der Waals surface area (Å²) in [5.41, 5.74) is 1.30. The van der Waals surface area contributed by atoms with Gasteiger partial charge in [0.25, 0.3) is 0 Å². The monoisotopic (exact) mass is 409 g/mol. The molecule has 0 spiro atoms. The Kier molecular flexibility index (Phi) is 5.57. The van der Waals surface area contributed by atoms with Crippen molar-refractivity contribution in [2.24, 2.45) is 0 Å². The summed E-state index contributed by atoms with van der Waals surface area (Å²) < 4.78 is 30.9. The van der Waals surface area contributed by atoms with Crippen LogP contribution in [0.3, 0.4) is 0 Å². The maximum Gasteiger partial charge on any atom is 0.226 e. The number of nitrogens with zero attached hydrogens (tertiary/aromatic N) is 1. The Labute approximate surface area is 160 Å². The van der Waals surface area contributed by atoms with Gasteiger partial charge in [-0.15, -0.1) is 0 Å². The second kappa shape index (κ2) is 7.71. The highest BCUT2D eigenvalue weighted by molar-refractivity contribution is 7.88. The summed E-state index contributed by atoms with van der Waals surface area (Å²) >= 11 is 7.26. The van der Waals surface area contributed by atoms with E-state index in [4.69, 9.17) is 11.6 Å². The SMILES string of the molecule is CS(=O)(=O)NC(CC(=O)Nc1ccc2sncc2c1)c1ccc(Cl)cc1. The van der Waals surface area contributed by atoms with Crippen molar-refractivity contribution >= 4 is 54.8 Å². The molecule has 26 heavy (non-hydrogen) atoms. The molecule has 0 saturated heterocycles. The first-order valence-corrected chi connectivity index (χ1v) is 10.7. The normalized spacial score (nSPS) is 12.8. The van der Waals surface area contributed by atoms with Crippen LogP contribution in [0.2, 0.25) is 5.02 Å². The van der Waals surface area contributed by atoms with Gasteiger partial charge in [-0.2, -0.15) is 4.37 Å². The maximum atomic E-state index is 12.4. The minimum atomic E-state index is -3.49. The summed E-state index contributed by atoms with van der Waals surface area (Å²) in [7, 11) is -3.49. The van der Waals surface area contributed by atoms with Crippen molar-refractivity contribution in [1.29, 1.82) is 0 Å². The number of halogens is 1. The van der Waals surface area contributed by atoms with E-state index in [0.717, 1.165) is 16.3 Å². The molecule has 0 aliphatic carbocycles. The van der Waals surface area contributed by atoms with E-state index in [1.165, 1.54) is 11.5 Å². The second-order valence-corrected chi connectivity index (χ2v) is 8.87. The molecule has 136 valence electrons. The summed E-state index contributed by atoms with van der Waals surface area (Å²) in [4.78, 5) is 12.4. The van der Waals surface area contributed by atoms with Crippen LogP contribution in [0.5, 0.6) is 0 Å². The highest BCUT2D eigenvalue weighted by Crippen LogP contribution is 2.24. The summed E-state index contributed by atoms with van der Waals surface area (Å²) in [6.07, 6.45) is 2.75. The standard InChI is InChI=1S/C17H16ClN3O3S2/c1-26(23,24)21-15(11-2-4-13(18)5-3-11)9-17(22)20-14-6-7-16-12(8-14)10-19-25-16/h2-8,10,15,21H,9H2,1H3,(H,20,22). The molecule has 1 atom stereocenters. The molecule has 6 nitrogen and oxygen atoms in total. The minimum absolute atomic E-state index is 0.0470. The van der Waals surface area contributed by atoms with Crippen LogP contribution in [0, 0.1) is 0 Å². The summed E-state index contributed by atoms with van der Waals surface area (Å²) in [6.45, 7) is 0. The van der Waals surface area contributed by atoms with Gasteiger partial charge in [0.05, 0.1) is 17.0 Å². The maximum absolute atomic E-state index is 12.4. The molecule has 0 bridgehead atoms. The molecule has 2 N–H and O–H groups in total. The lowest BCUT2D eigenvalue weighted by Crippen LogP contribution is -2.30. The van der Waals surface area contributed by atoms with E-state index in [1.807, 2.05) is 12.1 Å². The third-order valence-corrected chi connectivity index (χ3v) is 5.40. The van der Waals surface area contributed by atoms with Gasteiger partial charge in [0.15, 0.2) is 0 Å². The average Bonchev–Trinajstić information content (AvgIpc) is 3.01. The van der Waals surface area contributed by atoms with Crippen LogP contribution < -0.4 is 10.0 Å². The zero-order chi connectivity index (χ0) is 18.7. The first-order chi connectivity index (χ1) is 12.3. The smallest absolute Gasteiger partial charge is 0.226 e. The number of anilines is 1. The van der Waals surface area contributed by atoms with E-state index < -0.39 is 16.1 Å². The van der Waals surface area contributed by atoms with E-state index in [1.54, 1.807) is 36.5 Å². The number of hydrogen-bond acceptors (Lipinski definition) is 5. The molecular weight excluding hydrogens is 394 g/mol. The molecule has 1 amide bonds. The van der Waals surface area contributed by atoms with Crippen molar-refractivity contribution < 1.29 is 13.2 Å². The van der Waals surface area contributed by atoms with Crippen LogP contribution in [0.15, 0.2) is 48.7 Å². The van der Waals surface area contributed by atoms with Gasteiger partial charge in [-0.3, -0.25) is 4.79 Å². The van der Waals surface area contributed by atoms with Crippen LogP contribution in [0.25, 0.3) is 10.1 Å². The lowest BCUT2D eigenvalue weighted by atomic mass is 10.0. The van der Waals surface area contributed by atoms with Crippen molar-refractivity contribution in [2.45, 2.75) is 12.5 Å². The number of benzene rings is 2. The average molecular weight is 410 g/mol. The van der Waals surface area contributed by atoms with Gasteiger partial charge in [-0.25, -0.2) is 13.1 Å². The Morgan fingerprint density at radius 2 is 1.96 bits per heavy atom. The number of amides is 1. The molecule has 1 aromatic heterocycles. The van der Waals surface area contributed by atoms with Crippen LogP contribution in [-0.4, -0.2) is 25.0 Å². The fourth-order valence-corrected chi connectivity index (χ4v) is 4.02. The molecule has 3 rings (SSSR count). The lowest BCUT2D eigenvalue weighted by molar-refractivity contribution is -0.116. The van der Waals surface area contributed by atoms with E-state index in [9.17, 15) is 13.2 Å². The van der Waals surface area contributed by atoms with Gasteiger partial charge in [0.2, 0.25) is 15.9 Å². The minimum Gasteiger partial charge on any atom is -0.326 e. The predicted octanol–water partition coefficient (Wildman–Crippen LogP) is 3.57. The van der Waals surface area contributed by atoms with Crippen molar-refractivity contribution in [3.05, 3.63) is 59.2 Å². The van der Waals surface area contributed by atoms with Gasteiger partial charge >= 0.3 is 0 Å². The van der Waals surface area contributed by atoms with Gasteiger partial charge in [0, 0.05) is 28.7 Å². The molecule has 0 aliphatic rings. The van der Waals surface area contributed by atoms with Crippen LogP contribution in [0.1, 0.15) is 18.0 Å². The Morgan fingerprint density at radius 1 is 1.23 bits per heavy atom. The molecular formula is C17H16ClN3O3S2. The Morgan fingerprint density at radius 3 is 2.65 bits per heavy atom.